The van der Waals surface area contributed by atoms with Crippen LogP contribution in [0.3, 0.4) is 0 Å². The number of esters is 1. The third-order valence-corrected chi connectivity index (χ3v) is 2.44. The second-order valence-electron chi connectivity index (χ2n) is 3.22. The number of methoxy groups -OCH3 is 1. The number of hydrogen-bond acceptors (Lipinski definition) is 4. The van der Waals surface area contributed by atoms with E-state index in [1.807, 2.05) is 0 Å². The van der Waals surface area contributed by atoms with E-state index in [1.54, 1.807) is 12.1 Å². The zero-order chi connectivity index (χ0) is 12.1. The number of Topliss-reactive ketones (excluding diaryl/α,β-unsaturated/α-hetero) is 1. The predicted molar refractivity (Wildman–Crippen MR) is 60.6 cm³/mol. The maximum Gasteiger partial charge on any atom is 0.337 e. The fraction of sp³-hybridized carbons (Fsp3) is 0.273. The SMILES string of the molecule is COC(=O)c1ccc(CC(=O)CN)c(Cl)c1. The molecule has 0 fully saturated rings. The molecule has 5 heteroatoms. The first-order valence-corrected chi connectivity index (χ1v) is 5.04. The molecule has 0 aromatic heterocycles. The van der Waals surface area contributed by atoms with Crippen molar-refractivity contribution < 1.29 is 14.3 Å². The van der Waals surface area contributed by atoms with Crippen molar-refractivity contribution in [3.8, 4) is 0 Å². The van der Waals surface area contributed by atoms with Crippen molar-refractivity contribution in [2.45, 2.75) is 6.42 Å². The first kappa shape index (κ1) is 12.7. The van der Waals surface area contributed by atoms with Crippen LogP contribution < -0.4 is 5.73 Å². The van der Waals surface area contributed by atoms with E-state index in [2.05, 4.69) is 4.74 Å². The Morgan fingerprint density at radius 2 is 2.12 bits per heavy atom. The van der Waals surface area contributed by atoms with E-state index in [0.29, 0.717) is 16.1 Å². The molecule has 0 aliphatic carbocycles. The number of halogens is 1. The molecular formula is C11H12ClNO3. The molecule has 0 bridgehead atoms. The number of benzene rings is 1. The third kappa shape index (κ3) is 3.05. The van der Waals surface area contributed by atoms with Crippen LogP contribution in [0.1, 0.15) is 15.9 Å². The van der Waals surface area contributed by atoms with Crippen LogP contribution in [-0.2, 0) is 16.0 Å². The second kappa shape index (κ2) is 5.63. The lowest BCUT2D eigenvalue weighted by Gasteiger charge is -2.05. The summed E-state index contributed by atoms with van der Waals surface area (Å²) in [5.74, 6) is -0.564. The average molecular weight is 242 g/mol. The number of rotatable bonds is 4. The molecule has 4 nitrogen and oxygen atoms in total. The summed E-state index contributed by atoms with van der Waals surface area (Å²) in [6.07, 6.45) is 0.177. The number of ketones is 1. The summed E-state index contributed by atoms with van der Waals surface area (Å²) >= 11 is 5.93. The maximum absolute atomic E-state index is 11.2. The fourth-order valence-electron chi connectivity index (χ4n) is 1.22. The van der Waals surface area contributed by atoms with Gasteiger partial charge in [-0.1, -0.05) is 17.7 Å². The van der Waals surface area contributed by atoms with Crippen LogP contribution in [0, 0.1) is 0 Å². The summed E-state index contributed by atoms with van der Waals surface area (Å²) in [6.45, 7) is -0.0188. The molecule has 0 radical (unpaired) electrons. The van der Waals surface area contributed by atoms with Crippen LogP contribution in [0.25, 0.3) is 0 Å². The molecule has 0 heterocycles. The van der Waals surface area contributed by atoms with Crippen LogP contribution in [0.5, 0.6) is 0 Å². The third-order valence-electron chi connectivity index (χ3n) is 2.09. The lowest BCUT2D eigenvalue weighted by Crippen LogP contribution is -2.16. The lowest BCUT2D eigenvalue weighted by molar-refractivity contribution is -0.117. The standard InChI is InChI=1S/C11H12ClNO3/c1-16-11(15)8-3-2-7(10(12)5-8)4-9(14)6-13/h2-3,5H,4,6,13H2,1H3. The molecule has 2 N–H and O–H groups in total. The van der Waals surface area contributed by atoms with Crippen molar-refractivity contribution in [3.63, 3.8) is 0 Å². The topological polar surface area (TPSA) is 69.4 Å². The van der Waals surface area contributed by atoms with Crippen molar-refractivity contribution >= 4 is 23.4 Å². The minimum Gasteiger partial charge on any atom is -0.465 e. The minimum atomic E-state index is -0.460. The van der Waals surface area contributed by atoms with Crippen LogP contribution in [0.4, 0.5) is 0 Å². The highest BCUT2D eigenvalue weighted by atomic mass is 35.5. The highest BCUT2D eigenvalue weighted by Gasteiger charge is 2.10. The first-order valence-electron chi connectivity index (χ1n) is 4.67. The van der Waals surface area contributed by atoms with Gasteiger partial charge in [-0.3, -0.25) is 4.79 Å². The van der Waals surface area contributed by atoms with E-state index in [0.717, 1.165) is 0 Å². The fourth-order valence-corrected chi connectivity index (χ4v) is 1.47. The van der Waals surface area contributed by atoms with Gasteiger partial charge in [-0.15, -0.1) is 0 Å². The highest BCUT2D eigenvalue weighted by Crippen LogP contribution is 2.19. The largest absolute Gasteiger partial charge is 0.465 e. The van der Waals surface area contributed by atoms with E-state index in [1.165, 1.54) is 13.2 Å². The van der Waals surface area contributed by atoms with Gasteiger partial charge in [0, 0.05) is 11.4 Å². The van der Waals surface area contributed by atoms with Crippen LogP contribution in [0.2, 0.25) is 5.02 Å². The van der Waals surface area contributed by atoms with E-state index in [4.69, 9.17) is 17.3 Å². The number of hydrogen-bond donors (Lipinski definition) is 1. The van der Waals surface area contributed by atoms with Crippen molar-refractivity contribution in [3.05, 3.63) is 34.3 Å². The summed E-state index contributed by atoms with van der Waals surface area (Å²) in [7, 11) is 1.29. The van der Waals surface area contributed by atoms with Crippen molar-refractivity contribution in [2.24, 2.45) is 5.73 Å². The molecule has 0 amide bonds. The number of nitrogens with two attached hydrogens (primary N) is 1. The summed E-state index contributed by atoms with van der Waals surface area (Å²) in [5, 5.41) is 0.365. The Hall–Kier alpha value is -1.39. The maximum atomic E-state index is 11.2. The minimum absolute atomic E-state index is 0.0188. The van der Waals surface area contributed by atoms with E-state index < -0.39 is 5.97 Å². The first-order chi connectivity index (χ1) is 7.58. The highest BCUT2D eigenvalue weighted by molar-refractivity contribution is 6.31. The van der Waals surface area contributed by atoms with Crippen LogP contribution in [-0.4, -0.2) is 25.4 Å². The van der Waals surface area contributed by atoms with Crippen LogP contribution in [0.15, 0.2) is 18.2 Å². The average Bonchev–Trinajstić information content (AvgIpc) is 2.30. The Morgan fingerprint density at radius 3 is 2.62 bits per heavy atom. The second-order valence-corrected chi connectivity index (χ2v) is 3.62. The quantitative estimate of drug-likeness (QED) is 0.805. The molecule has 1 aromatic rings. The molecular weight excluding hydrogens is 230 g/mol. The smallest absolute Gasteiger partial charge is 0.337 e. The molecule has 0 saturated carbocycles. The summed E-state index contributed by atoms with van der Waals surface area (Å²) in [5.41, 5.74) is 6.22. The molecule has 0 spiro atoms. The number of ether oxygens (including phenoxy) is 1. The van der Waals surface area contributed by atoms with Gasteiger partial charge >= 0.3 is 5.97 Å². The molecule has 1 aromatic carbocycles. The normalized spacial score (nSPS) is 9.94. The van der Waals surface area contributed by atoms with Gasteiger partial charge in [-0.2, -0.15) is 0 Å². The lowest BCUT2D eigenvalue weighted by atomic mass is 10.1. The Labute approximate surface area is 98.3 Å². The van der Waals surface area contributed by atoms with Gasteiger partial charge in [0.15, 0.2) is 5.78 Å². The predicted octanol–water partition coefficient (Wildman–Crippen LogP) is 1.20. The Balaban J connectivity index is 2.91. The van der Waals surface area contributed by atoms with Gasteiger partial charge < -0.3 is 10.5 Å². The van der Waals surface area contributed by atoms with Gasteiger partial charge in [-0.05, 0) is 17.7 Å². The van der Waals surface area contributed by atoms with Crippen molar-refractivity contribution in [1.29, 1.82) is 0 Å². The Morgan fingerprint density at radius 1 is 1.44 bits per heavy atom. The molecule has 0 aliphatic heterocycles. The Bertz CT molecular complexity index is 418. The molecule has 1 rings (SSSR count). The van der Waals surface area contributed by atoms with Crippen LogP contribution >= 0.6 is 11.6 Å². The molecule has 0 saturated heterocycles. The van der Waals surface area contributed by atoms with Gasteiger partial charge in [-0.25, -0.2) is 4.79 Å². The zero-order valence-electron chi connectivity index (χ0n) is 8.83. The Kier molecular flexibility index (Phi) is 4.46. The molecule has 16 heavy (non-hydrogen) atoms. The molecule has 0 unspecified atom stereocenters. The number of carbonyl (C=O) groups is 2. The van der Waals surface area contributed by atoms with Gasteiger partial charge in [0.2, 0.25) is 0 Å². The molecule has 0 atom stereocenters. The van der Waals surface area contributed by atoms with Gasteiger partial charge in [0.25, 0.3) is 0 Å². The van der Waals surface area contributed by atoms with Crippen molar-refractivity contribution in [1.82, 2.24) is 0 Å². The van der Waals surface area contributed by atoms with Gasteiger partial charge in [0.1, 0.15) is 0 Å². The monoisotopic (exact) mass is 241 g/mol. The molecule has 0 aliphatic rings. The summed E-state index contributed by atoms with van der Waals surface area (Å²) < 4.78 is 4.55. The van der Waals surface area contributed by atoms with Gasteiger partial charge in [0.05, 0.1) is 19.2 Å². The van der Waals surface area contributed by atoms with E-state index >= 15 is 0 Å². The summed E-state index contributed by atoms with van der Waals surface area (Å²) in [4.78, 5) is 22.3. The molecule has 86 valence electrons. The van der Waals surface area contributed by atoms with E-state index in [9.17, 15) is 9.59 Å². The summed E-state index contributed by atoms with van der Waals surface area (Å²) in [6, 6.07) is 4.67. The van der Waals surface area contributed by atoms with E-state index in [-0.39, 0.29) is 18.7 Å². The van der Waals surface area contributed by atoms with Crippen molar-refractivity contribution in [2.75, 3.05) is 13.7 Å². The number of carbonyl (C=O) groups excluding carboxylic acids is 2. The zero-order valence-corrected chi connectivity index (χ0v) is 9.58.